The zero-order chi connectivity index (χ0) is 14.8. The van der Waals surface area contributed by atoms with Gasteiger partial charge in [-0.2, -0.15) is 0 Å². The summed E-state index contributed by atoms with van der Waals surface area (Å²) in [5, 5.41) is 2.99. The Labute approximate surface area is 118 Å². The van der Waals surface area contributed by atoms with Crippen molar-refractivity contribution in [2.45, 2.75) is 19.9 Å². The van der Waals surface area contributed by atoms with Crippen LogP contribution < -0.4 is 5.32 Å². The number of carbonyl (C=O) groups excluding carboxylic acids is 1. The van der Waals surface area contributed by atoms with E-state index in [1.54, 1.807) is 6.92 Å². The Morgan fingerprint density at radius 3 is 2.75 bits per heavy atom. The SMILES string of the molecule is CCNc1cnc(C(=O)N2CCS(=O)(=O)CC2C)cn1. The van der Waals surface area contributed by atoms with E-state index < -0.39 is 9.84 Å². The summed E-state index contributed by atoms with van der Waals surface area (Å²) in [6, 6.07) is -0.337. The van der Waals surface area contributed by atoms with Crippen molar-refractivity contribution in [1.29, 1.82) is 0 Å². The monoisotopic (exact) mass is 298 g/mol. The Hall–Kier alpha value is -1.70. The molecular formula is C12H18N4O3S. The van der Waals surface area contributed by atoms with Gasteiger partial charge in [-0.3, -0.25) is 4.79 Å². The van der Waals surface area contributed by atoms with E-state index in [2.05, 4.69) is 15.3 Å². The van der Waals surface area contributed by atoms with Crippen LogP contribution in [-0.2, 0) is 9.84 Å². The minimum absolute atomic E-state index is 0.00163. The Balaban J connectivity index is 2.11. The second-order valence-electron chi connectivity index (χ2n) is 4.78. The molecule has 0 spiro atoms. The third-order valence-corrected chi connectivity index (χ3v) is 4.95. The standard InChI is InChI=1S/C12H18N4O3S/c1-3-13-11-7-14-10(6-15-11)12(17)16-4-5-20(18,19)8-9(16)2/h6-7,9H,3-5,8H2,1-2H3,(H,13,15). The van der Waals surface area contributed by atoms with Gasteiger partial charge in [0.25, 0.3) is 5.91 Å². The van der Waals surface area contributed by atoms with Crippen LogP contribution in [0.2, 0.25) is 0 Å². The molecule has 1 aromatic rings. The summed E-state index contributed by atoms with van der Waals surface area (Å²) in [6.45, 7) is 4.60. The highest BCUT2D eigenvalue weighted by molar-refractivity contribution is 7.91. The molecule has 0 aliphatic carbocycles. The van der Waals surface area contributed by atoms with Gasteiger partial charge in [-0.25, -0.2) is 18.4 Å². The molecule has 1 aliphatic heterocycles. The summed E-state index contributed by atoms with van der Waals surface area (Å²) < 4.78 is 23.0. The van der Waals surface area contributed by atoms with Gasteiger partial charge in [0, 0.05) is 19.1 Å². The van der Waals surface area contributed by atoms with Crippen LogP contribution in [0.1, 0.15) is 24.3 Å². The number of carbonyl (C=O) groups is 1. The Bertz CT molecular complexity index is 585. The second kappa shape index (κ2) is 5.74. The molecule has 110 valence electrons. The summed E-state index contributed by atoms with van der Waals surface area (Å²) in [7, 11) is -3.03. The van der Waals surface area contributed by atoms with Crippen LogP contribution in [-0.4, -0.2) is 59.8 Å². The van der Waals surface area contributed by atoms with Gasteiger partial charge < -0.3 is 10.2 Å². The number of hydrogen-bond acceptors (Lipinski definition) is 6. The maximum atomic E-state index is 12.3. The molecule has 1 aliphatic rings. The number of sulfone groups is 1. The van der Waals surface area contributed by atoms with E-state index in [4.69, 9.17) is 0 Å². The summed E-state index contributed by atoms with van der Waals surface area (Å²) in [6.07, 6.45) is 2.91. The Morgan fingerprint density at radius 1 is 1.45 bits per heavy atom. The van der Waals surface area contributed by atoms with Crippen molar-refractivity contribution in [1.82, 2.24) is 14.9 Å². The fraction of sp³-hybridized carbons (Fsp3) is 0.583. The number of nitrogens with one attached hydrogen (secondary N) is 1. The molecule has 0 bridgehead atoms. The Morgan fingerprint density at radius 2 is 2.20 bits per heavy atom. The van der Waals surface area contributed by atoms with Gasteiger partial charge in [0.1, 0.15) is 11.5 Å². The van der Waals surface area contributed by atoms with Crippen LogP contribution in [0, 0.1) is 0 Å². The lowest BCUT2D eigenvalue weighted by molar-refractivity contribution is 0.0706. The van der Waals surface area contributed by atoms with Gasteiger partial charge in [0.05, 0.1) is 23.9 Å². The molecule has 1 saturated heterocycles. The molecule has 0 aromatic carbocycles. The van der Waals surface area contributed by atoms with Crippen molar-refractivity contribution in [3.63, 3.8) is 0 Å². The van der Waals surface area contributed by atoms with E-state index >= 15 is 0 Å². The first-order valence-corrected chi connectivity index (χ1v) is 8.32. The van der Waals surface area contributed by atoms with E-state index in [0.29, 0.717) is 5.82 Å². The molecule has 1 N–H and O–H groups in total. The van der Waals surface area contributed by atoms with Crippen molar-refractivity contribution >= 4 is 21.6 Å². The molecule has 20 heavy (non-hydrogen) atoms. The van der Waals surface area contributed by atoms with Crippen LogP contribution in [0.5, 0.6) is 0 Å². The quantitative estimate of drug-likeness (QED) is 0.855. The number of nitrogens with zero attached hydrogens (tertiary/aromatic N) is 3. The Kier molecular flexibility index (Phi) is 4.22. The summed E-state index contributed by atoms with van der Waals surface area (Å²) in [5.41, 5.74) is 0.234. The smallest absolute Gasteiger partial charge is 0.274 e. The summed E-state index contributed by atoms with van der Waals surface area (Å²) in [5.74, 6) is 0.342. The average Bonchev–Trinajstić information content (AvgIpc) is 2.38. The molecular weight excluding hydrogens is 280 g/mol. The van der Waals surface area contributed by atoms with E-state index in [-0.39, 0.29) is 35.7 Å². The highest BCUT2D eigenvalue weighted by Crippen LogP contribution is 2.14. The van der Waals surface area contributed by atoms with Crippen LogP contribution in [0.4, 0.5) is 5.82 Å². The van der Waals surface area contributed by atoms with Crippen molar-refractivity contribution < 1.29 is 13.2 Å². The van der Waals surface area contributed by atoms with Crippen LogP contribution in [0.3, 0.4) is 0 Å². The third-order valence-electron chi connectivity index (χ3n) is 3.16. The van der Waals surface area contributed by atoms with Crippen molar-refractivity contribution in [3.05, 3.63) is 18.1 Å². The van der Waals surface area contributed by atoms with E-state index in [1.807, 2.05) is 6.92 Å². The lowest BCUT2D eigenvalue weighted by Gasteiger charge is -2.32. The number of amides is 1. The van der Waals surface area contributed by atoms with E-state index in [9.17, 15) is 13.2 Å². The minimum atomic E-state index is -3.03. The van der Waals surface area contributed by atoms with Gasteiger partial charge in [0.2, 0.25) is 0 Å². The lowest BCUT2D eigenvalue weighted by atomic mass is 10.2. The van der Waals surface area contributed by atoms with Crippen LogP contribution >= 0.6 is 0 Å². The molecule has 2 heterocycles. The first kappa shape index (κ1) is 14.7. The molecule has 1 aromatic heterocycles. The molecule has 2 rings (SSSR count). The van der Waals surface area contributed by atoms with Crippen molar-refractivity contribution in [2.24, 2.45) is 0 Å². The average molecular weight is 298 g/mol. The predicted octanol–water partition coefficient (Wildman–Crippen LogP) is 0.168. The minimum Gasteiger partial charge on any atom is -0.369 e. The third kappa shape index (κ3) is 3.24. The zero-order valence-corrected chi connectivity index (χ0v) is 12.4. The van der Waals surface area contributed by atoms with Gasteiger partial charge in [-0.1, -0.05) is 0 Å². The van der Waals surface area contributed by atoms with Crippen molar-refractivity contribution in [3.8, 4) is 0 Å². The topological polar surface area (TPSA) is 92.3 Å². The number of anilines is 1. The van der Waals surface area contributed by atoms with Gasteiger partial charge in [0.15, 0.2) is 9.84 Å². The zero-order valence-electron chi connectivity index (χ0n) is 11.5. The lowest BCUT2D eigenvalue weighted by Crippen LogP contribution is -2.49. The normalized spacial score (nSPS) is 21.5. The van der Waals surface area contributed by atoms with E-state index in [0.717, 1.165) is 6.54 Å². The number of hydrogen-bond donors (Lipinski definition) is 1. The molecule has 0 radical (unpaired) electrons. The molecule has 7 nitrogen and oxygen atoms in total. The van der Waals surface area contributed by atoms with Crippen LogP contribution in [0.15, 0.2) is 12.4 Å². The first-order chi connectivity index (χ1) is 9.43. The molecule has 0 saturated carbocycles. The molecule has 1 fully saturated rings. The maximum absolute atomic E-state index is 12.3. The number of aromatic nitrogens is 2. The van der Waals surface area contributed by atoms with Crippen LogP contribution in [0.25, 0.3) is 0 Å². The fourth-order valence-electron chi connectivity index (χ4n) is 2.16. The second-order valence-corrected chi connectivity index (χ2v) is 7.01. The summed E-state index contributed by atoms with van der Waals surface area (Å²) in [4.78, 5) is 22.0. The summed E-state index contributed by atoms with van der Waals surface area (Å²) >= 11 is 0. The fourth-order valence-corrected chi connectivity index (χ4v) is 3.71. The molecule has 1 amide bonds. The van der Waals surface area contributed by atoms with Gasteiger partial charge in [-0.15, -0.1) is 0 Å². The molecule has 1 unspecified atom stereocenters. The largest absolute Gasteiger partial charge is 0.369 e. The highest BCUT2D eigenvalue weighted by atomic mass is 32.2. The maximum Gasteiger partial charge on any atom is 0.274 e. The van der Waals surface area contributed by atoms with E-state index in [1.165, 1.54) is 17.3 Å². The van der Waals surface area contributed by atoms with Gasteiger partial charge in [-0.05, 0) is 13.8 Å². The number of rotatable bonds is 3. The predicted molar refractivity (Wildman–Crippen MR) is 75.3 cm³/mol. The van der Waals surface area contributed by atoms with Gasteiger partial charge >= 0.3 is 0 Å². The molecule has 8 heteroatoms. The molecule has 1 atom stereocenters. The highest BCUT2D eigenvalue weighted by Gasteiger charge is 2.32. The van der Waals surface area contributed by atoms with Crippen molar-refractivity contribution in [2.75, 3.05) is 29.9 Å². The first-order valence-electron chi connectivity index (χ1n) is 6.50.